The number of rotatable bonds is 2. The lowest BCUT2D eigenvalue weighted by Gasteiger charge is -2.41. The maximum absolute atomic E-state index is 13.1. The quantitative estimate of drug-likeness (QED) is 0.533. The van der Waals surface area contributed by atoms with Crippen LogP contribution in [0.1, 0.15) is 48.6 Å². The molecule has 4 N–H and O–H groups in total. The monoisotopic (exact) mass is 395 g/mol. The minimum Gasteiger partial charge on any atom is -0.494 e. The zero-order chi connectivity index (χ0) is 20.1. The summed E-state index contributed by atoms with van der Waals surface area (Å²) in [4.78, 5) is 17.7. The van der Waals surface area contributed by atoms with Crippen LogP contribution in [-0.2, 0) is 4.79 Å². The van der Waals surface area contributed by atoms with Crippen molar-refractivity contribution >= 4 is 22.6 Å². The van der Waals surface area contributed by atoms with Gasteiger partial charge in [-0.05, 0) is 25.8 Å². The molecule has 0 radical (unpaired) electrons. The van der Waals surface area contributed by atoms with Gasteiger partial charge >= 0.3 is 0 Å². The van der Waals surface area contributed by atoms with E-state index in [1.165, 1.54) is 0 Å². The zero-order valence-electron chi connectivity index (χ0n) is 16.3. The Morgan fingerprint density at radius 3 is 2.97 bits per heavy atom. The number of aromatic hydroxyl groups is 1. The number of nitrogens with zero attached hydrogens (tertiary/aromatic N) is 1. The van der Waals surface area contributed by atoms with Crippen molar-refractivity contribution in [2.45, 2.75) is 50.7 Å². The Morgan fingerprint density at radius 2 is 2.14 bits per heavy atom. The molecule has 1 saturated carbocycles. The third-order valence-corrected chi connectivity index (χ3v) is 6.29. The molecular formula is C22H25N3O4. The van der Waals surface area contributed by atoms with Crippen molar-refractivity contribution < 1.29 is 19.4 Å². The molecule has 0 unspecified atom stereocenters. The van der Waals surface area contributed by atoms with Crippen LogP contribution in [0.2, 0.25) is 0 Å². The minimum absolute atomic E-state index is 0.0205. The molecule has 29 heavy (non-hydrogen) atoms. The number of aliphatic hydroxyl groups is 1. The van der Waals surface area contributed by atoms with E-state index < -0.39 is 12.6 Å². The first-order valence-corrected chi connectivity index (χ1v) is 10.2. The number of fused-ring (bicyclic) bond motifs is 3. The van der Waals surface area contributed by atoms with Gasteiger partial charge in [-0.25, -0.2) is 0 Å². The Morgan fingerprint density at radius 1 is 1.31 bits per heavy atom. The number of H-pyrrole nitrogens is 1. The molecule has 1 fully saturated rings. The largest absolute Gasteiger partial charge is 0.494 e. The maximum atomic E-state index is 13.1. The first-order chi connectivity index (χ1) is 14.1. The SMILES string of the molecule is Cc1cc2cccc([C@@H]3c4c(c[nH]c4O)N[C@@H]4CCCC[C@H]4N3C(=O)CO)c2o1. The van der Waals surface area contributed by atoms with Gasteiger partial charge in [-0.15, -0.1) is 0 Å². The number of aryl methyl sites for hydroxylation is 1. The summed E-state index contributed by atoms with van der Waals surface area (Å²) in [5, 5.41) is 25.0. The van der Waals surface area contributed by atoms with Crippen molar-refractivity contribution in [3.63, 3.8) is 0 Å². The van der Waals surface area contributed by atoms with Crippen LogP contribution in [0.5, 0.6) is 5.88 Å². The summed E-state index contributed by atoms with van der Waals surface area (Å²) in [6.07, 6.45) is 5.64. The van der Waals surface area contributed by atoms with Crippen molar-refractivity contribution in [1.29, 1.82) is 0 Å². The molecule has 3 aromatic rings. The summed E-state index contributed by atoms with van der Waals surface area (Å²) in [6, 6.07) is 7.24. The Hall–Kier alpha value is -2.93. The Balaban J connectivity index is 1.78. The number of benzene rings is 1. The van der Waals surface area contributed by atoms with Crippen LogP contribution in [0, 0.1) is 6.92 Å². The number of hydrogen-bond donors (Lipinski definition) is 4. The molecule has 2 aromatic heterocycles. The van der Waals surface area contributed by atoms with Crippen molar-refractivity contribution in [2.24, 2.45) is 0 Å². The molecule has 5 rings (SSSR count). The summed E-state index contributed by atoms with van der Waals surface area (Å²) >= 11 is 0. The number of nitrogens with one attached hydrogen (secondary N) is 2. The number of hydrogen-bond acceptors (Lipinski definition) is 5. The molecule has 0 saturated heterocycles. The fourth-order valence-electron chi connectivity index (χ4n) is 5.11. The van der Waals surface area contributed by atoms with E-state index in [1.54, 1.807) is 11.1 Å². The fourth-order valence-corrected chi connectivity index (χ4v) is 5.11. The van der Waals surface area contributed by atoms with E-state index in [4.69, 9.17) is 4.42 Å². The van der Waals surface area contributed by atoms with Gasteiger partial charge in [0.25, 0.3) is 0 Å². The van der Waals surface area contributed by atoms with Gasteiger partial charge in [-0.3, -0.25) is 4.79 Å². The predicted molar refractivity (Wildman–Crippen MR) is 109 cm³/mol. The molecule has 2 aliphatic rings. The average Bonchev–Trinajstić information content (AvgIpc) is 3.23. The van der Waals surface area contributed by atoms with E-state index in [2.05, 4.69) is 10.3 Å². The standard InChI is InChI=1S/C22H25N3O4/c1-12-9-13-5-4-6-14(21(13)29-12)20-19-16(10-23-22(19)28)24-15-7-2-3-8-17(15)25(20)18(27)11-26/h4-6,9-10,15,17,20,23-24,26,28H,2-3,7-8,11H2,1H3/t15-,17-,20-/m1/s1. The normalized spacial score (nSPS) is 23.9. The third-order valence-electron chi connectivity index (χ3n) is 6.29. The second-order valence-electron chi connectivity index (χ2n) is 8.05. The molecule has 0 bridgehead atoms. The van der Waals surface area contributed by atoms with E-state index in [-0.39, 0.29) is 23.9 Å². The van der Waals surface area contributed by atoms with E-state index in [9.17, 15) is 15.0 Å². The number of carbonyl (C=O) groups excluding carboxylic acids is 1. The van der Waals surface area contributed by atoms with Crippen LogP contribution in [-0.4, -0.2) is 44.7 Å². The first kappa shape index (κ1) is 18.1. The molecule has 3 atom stereocenters. The number of para-hydroxylation sites is 1. The lowest BCUT2D eigenvalue weighted by molar-refractivity contribution is -0.139. The number of amides is 1. The van der Waals surface area contributed by atoms with Gasteiger partial charge in [0.15, 0.2) is 5.88 Å². The molecule has 1 aromatic carbocycles. The fraction of sp³-hybridized carbons (Fsp3) is 0.409. The summed E-state index contributed by atoms with van der Waals surface area (Å²) < 4.78 is 6.01. The van der Waals surface area contributed by atoms with Gasteiger partial charge in [0.05, 0.1) is 23.3 Å². The zero-order valence-corrected chi connectivity index (χ0v) is 16.3. The summed E-state index contributed by atoms with van der Waals surface area (Å²) in [5.41, 5.74) is 2.91. The van der Waals surface area contributed by atoms with Crippen molar-refractivity contribution in [3.8, 4) is 5.88 Å². The van der Waals surface area contributed by atoms with Gasteiger partial charge < -0.3 is 29.8 Å². The molecule has 7 nitrogen and oxygen atoms in total. The second kappa shape index (κ2) is 6.84. The summed E-state index contributed by atoms with van der Waals surface area (Å²) in [6.45, 7) is 1.32. The van der Waals surface area contributed by atoms with Gasteiger partial charge in [0.1, 0.15) is 18.0 Å². The summed E-state index contributed by atoms with van der Waals surface area (Å²) in [7, 11) is 0. The molecule has 1 aliphatic carbocycles. The van der Waals surface area contributed by atoms with Crippen LogP contribution >= 0.6 is 0 Å². The highest BCUT2D eigenvalue weighted by atomic mass is 16.3. The minimum atomic E-state index is -0.576. The molecule has 1 aliphatic heterocycles. The predicted octanol–water partition coefficient (Wildman–Crippen LogP) is 3.42. The topological polar surface area (TPSA) is 102 Å². The van der Waals surface area contributed by atoms with E-state index >= 15 is 0 Å². The van der Waals surface area contributed by atoms with E-state index in [0.29, 0.717) is 11.1 Å². The maximum Gasteiger partial charge on any atom is 0.249 e. The van der Waals surface area contributed by atoms with Crippen molar-refractivity contribution in [1.82, 2.24) is 9.88 Å². The van der Waals surface area contributed by atoms with Crippen molar-refractivity contribution in [2.75, 3.05) is 11.9 Å². The van der Waals surface area contributed by atoms with Gasteiger partial charge in [0, 0.05) is 23.2 Å². The third kappa shape index (κ3) is 2.80. The highest BCUT2D eigenvalue weighted by molar-refractivity contribution is 5.85. The Kier molecular flexibility index (Phi) is 4.28. The molecule has 152 valence electrons. The second-order valence-corrected chi connectivity index (χ2v) is 8.05. The van der Waals surface area contributed by atoms with Gasteiger partial charge in [0.2, 0.25) is 5.91 Å². The lowest BCUT2D eigenvalue weighted by Crippen LogP contribution is -2.52. The molecule has 3 heterocycles. The molecule has 0 spiro atoms. The first-order valence-electron chi connectivity index (χ1n) is 10.2. The highest BCUT2D eigenvalue weighted by Gasteiger charge is 2.44. The van der Waals surface area contributed by atoms with Gasteiger partial charge in [-0.1, -0.05) is 31.0 Å². The van der Waals surface area contributed by atoms with Crippen LogP contribution in [0.25, 0.3) is 11.0 Å². The average molecular weight is 395 g/mol. The number of aromatic amines is 1. The molecule has 7 heteroatoms. The Labute approximate surface area is 168 Å². The summed E-state index contributed by atoms with van der Waals surface area (Å²) in [5.74, 6) is 0.461. The number of aliphatic hydroxyl groups excluding tert-OH is 1. The lowest BCUT2D eigenvalue weighted by atomic mass is 9.87. The number of aromatic nitrogens is 1. The van der Waals surface area contributed by atoms with E-state index in [0.717, 1.165) is 48.1 Å². The number of anilines is 1. The Bertz CT molecular complexity index is 1070. The van der Waals surface area contributed by atoms with Crippen LogP contribution in [0.3, 0.4) is 0 Å². The smallest absolute Gasteiger partial charge is 0.249 e. The van der Waals surface area contributed by atoms with Crippen LogP contribution in [0.15, 0.2) is 34.9 Å². The highest BCUT2D eigenvalue weighted by Crippen LogP contribution is 2.47. The number of furan rings is 1. The van der Waals surface area contributed by atoms with Crippen molar-refractivity contribution in [3.05, 3.63) is 47.3 Å². The van der Waals surface area contributed by atoms with Gasteiger partial charge in [-0.2, -0.15) is 0 Å². The van der Waals surface area contributed by atoms with E-state index in [1.807, 2.05) is 31.2 Å². The molecule has 1 amide bonds. The van der Waals surface area contributed by atoms with Crippen LogP contribution in [0.4, 0.5) is 5.69 Å². The molecular weight excluding hydrogens is 370 g/mol. The van der Waals surface area contributed by atoms with Crippen LogP contribution < -0.4 is 5.32 Å². The number of carbonyl (C=O) groups is 1.